The lowest BCUT2D eigenvalue weighted by molar-refractivity contribution is 0.284. The number of ether oxygens (including phenoxy) is 2. The van der Waals surface area contributed by atoms with Gasteiger partial charge in [0.1, 0.15) is 12.4 Å². The first-order valence-electron chi connectivity index (χ1n) is 8.04. The summed E-state index contributed by atoms with van der Waals surface area (Å²) in [5.74, 6) is 1.28. The second kappa shape index (κ2) is 9.27. The summed E-state index contributed by atoms with van der Waals surface area (Å²) in [6.07, 6.45) is 0. The summed E-state index contributed by atoms with van der Waals surface area (Å²) in [5.41, 5.74) is 1.62. The first kappa shape index (κ1) is 19.8. The van der Waals surface area contributed by atoms with Gasteiger partial charge in [-0.05, 0) is 36.2 Å². The maximum atomic E-state index is 13.1. The van der Waals surface area contributed by atoms with E-state index < -0.39 is 0 Å². The fourth-order valence-electron chi connectivity index (χ4n) is 2.27. The summed E-state index contributed by atoms with van der Waals surface area (Å²) in [4.78, 5) is 0. The van der Waals surface area contributed by atoms with Crippen molar-refractivity contribution in [3.05, 3.63) is 57.3 Å². The summed E-state index contributed by atoms with van der Waals surface area (Å²) in [7, 11) is 1.58. The first-order valence-corrected chi connectivity index (χ1v) is 8.80. The lowest BCUT2D eigenvalue weighted by Crippen LogP contribution is -2.19. The molecule has 0 atom stereocenters. The Labute approximate surface area is 158 Å². The zero-order chi connectivity index (χ0) is 18.4. The van der Waals surface area contributed by atoms with Crippen LogP contribution in [0.2, 0.25) is 10.0 Å². The van der Waals surface area contributed by atoms with E-state index in [9.17, 15) is 4.39 Å². The Morgan fingerprint density at radius 2 is 1.76 bits per heavy atom. The second-order valence-electron chi connectivity index (χ2n) is 6.14. The predicted molar refractivity (Wildman–Crippen MR) is 100 cm³/mol. The van der Waals surface area contributed by atoms with Crippen LogP contribution in [0.4, 0.5) is 4.39 Å². The Morgan fingerprint density at radius 1 is 1.04 bits per heavy atom. The van der Waals surface area contributed by atoms with Crippen LogP contribution in [0.5, 0.6) is 11.5 Å². The van der Waals surface area contributed by atoms with Crippen LogP contribution >= 0.6 is 23.2 Å². The number of benzene rings is 2. The van der Waals surface area contributed by atoms with Gasteiger partial charge < -0.3 is 14.8 Å². The SMILES string of the molecule is COc1cc(CNCC(C)C)c(Cl)cc1OCc1ccc(F)cc1Cl. The Hall–Kier alpha value is -1.49. The number of hydrogen-bond acceptors (Lipinski definition) is 3. The van der Waals surface area contributed by atoms with E-state index in [1.807, 2.05) is 6.07 Å². The molecule has 0 aliphatic heterocycles. The number of methoxy groups -OCH3 is 1. The van der Waals surface area contributed by atoms with Gasteiger partial charge >= 0.3 is 0 Å². The maximum Gasteiger partial charge on any atom is 0.163 e. The molecule has 0 saturated carbocycles. The van der Waals surface area contributed by atoms with E-state index in [0.29, 0.717) is 39.6 Å². The van der Waals surface area contributed by atoms with E-state index in [1.165, 1.54) is 12.1 Å². The van der Waals surface area contributed by atoms with Crippen molar-refractivity contribution >= 4 is 23.2 Å². The molecule has 1 N–H and O–H groups in total. The van der Waals surface area contributed by atoms with Crippen LogP contribution in [0.3, 0.4) is 0 Å². The standard InChI is InChI=1S/C19H22Cl2FNO2/c1-12(2)9-23-10-14-6-18(24-3)19(8-17(14)21)25-11-13-4-5-15(22)7-16(13)20/h4-8,12,23H,9-11H2,1-3H3. The Balaban J connectivity index is 2.10. The van der Waals surface area contributed by atoms with E-state index in [4.69, 9.17) is 32.7 Å². The van der Waals surface area contributed by atoms with Crippen LogP contribution in [-0.2, 0) is 13.2 Å². The van der Waals surface area contributed by atoms with Gasteiger partial charge in [-0.25, -0.2) is 4.39 Å². The second-order valence-corrected chi connectivity index (χ2v) is 6.96. The number of nitrogens with one attached hydrogen (secondary N) is 1. The van der Waals surface area contributed by atoms with Crippen LogP contribution in [0.1, 0.15) is 25.0 Å². The molecular formula is C19H22Cl2FNO2. The molecule has 0 bridgehead atoms. The summed E-state index contributed by atoms with van der Waals surface area (Å²) >= 11 is 12.4. The molecule has 0 saturated heterocycles. The highest BCUT2D eigenvalue weighted by atomic mass is 35.5. The average Bonchev–Trinajstić information content (AvgIpc) is 2.55. The summed E-state index contributed by atoms with van der Waals surface area (Å²) in [6.45, 7) is 6.04. The third kappa shape index (κ3) is 5.77. The van der Waals surface area contributed by atoms with E-state index in [2.05, 4.69) is 19.2 Å². The lowest BCUT2D eigenvalue weighted by Gasteiger charge is -2.15. The molecule has 3 nitrogen and oxygen atoms in total. The number of hydrogen-bond donors (Lipinski definition) is 1. The summed E-state index contributed by atoms with van der Waals surface area (Å²) in [5, 5.41) is 4.26. The summed E-state index contributed by atoms with van der Waals surface area (Å²) in [6, 6.07) is 7.78. The van der Waals surface area contributed by atoms with Gasteiger partial charge in [0.05, 0.1) is 12.1 Å². The van der Waals surface area contributed by atoms with E-state index in [0.717, 1.165) is 12.1 Å². The zero-order valence-corrected chi connectivity index (χ0v) is 16.0. The van der Waals surface area contributed by atoms with Gasteiger partial charge in [-0.3, -0.25) is 0 Å². The molecule has 6 heteroatoms. The van der Waals surface area contributed by atoms with Gasteiger partial charge in [-0.1, -0.05) is 43.1 Å². The molecular weight excluding hydrogens is 364 g/mol. The molecule has 0 radical (unpaired) electrons. The average molecular weight is 386 g/mol. The molecule has 0 fully saturated rings. The molecule has 0 unspecified atom stereocenters. The van der Waals surface area contributed by atoms with Gasteiger partial charge in [0.2, 0.25) is 0 Å². The van der Waals surface area contributed by atoms with Crippen LogP contribution in [0.15, 0.2) is 30.3 Å². The van der Waals surface area contributed by atoms with Crippen molar-refractivity contribution in [2.45, 2.75) is 27.0 Å². The van der Waals surface area contributed by atoms with Crippen LogP contribution in [-0.4, -0.2) is 13.7 Å². The molecule has 0 spiro atoms. The monoisotopic (exact) mass is 385 g/mol. The smallest absolute Gasteiger partial charge is 0.163 e. The van der Waals surface area contributed by atoms with Crippen LogP contribution < -0.4 is 14.8 Å². The highest BCUT2D eigenvalue weighted by molar-refractivity contribution is 6.31. The quantitative estimate of drug-likeness (QED) is 0.653. The van der Waals surface area contributed by atoms with Crippen LogP contribution in [0, 0.1) is 11.7 Å². The van der Waals surface area contributed by atoms with Crippen molar-refractivity contribution in [1.29, 1.82) is 0 Å². The first-order chi connectivity index (χ1) is 11.9. The minimum absolute atomic E-state index is 0.191. The van der Waals surface area contributed by atoms with Crippen LogP contribution in [0.25, 0.3) is 0 Å². The Kier molecular flexibility index (Phi) is 7.36. The highest BCUT2D eigenvalue weighted by Gasteiger charge is 2.12. The van der Waals surface area contributed by atoms with Crippen molar-refractivity contribution < 1.29 is 13.9 Å². The molecule has 2 aromatic carbocycles. The topological polar surface area (TPSA) is 30.5 Å². The van der Waals surface area contributed by atoms with Gasteiger partial charge in [0.25, 0.3) is 0 Å². The Bertz CT molecular complexity index is 723. The van der Waals surface area contributed by atoms with Crippen molar-refractivity contribution in [2.24, 2.45) is 5.92 Å². The molecule has 2 rings (SSSR count). The van der Waals surface area contributed by atoms with Gasteiger partial charge in [0, 0.05) is 23.2 Å². The normalized spacial score (nSPS) is 11.0. The third-order valence-corrected chi connectivity index (χ3v) is 4.30. The minimum Gasteiger partial charge on any atom is -0.493 e. The van der Waals surface area contributed by atoms with Crippen molar-refractivity contribution in [2.75, 3.05) is 13.7 Å². The van der Waals surface area contributed by atoms with Crippen molar-refractivity contribution in [3.8, 4) is 11.5 Å². The highest BCUT2D eigenvalue weighted by Crippen LogP contribution is 2.34. The third-order valence-electron chi connectivity index (χ3n) is 3.60. The molecule has 0 aromatic heterocycles. The largest absolute Gasteiger partial charge is 0.493 e. The zero-order valence-electron chi connectivity index (χ0n) is 14.5. The predicted octanol–water partition coefficient (Wildman–Crippen LogP) is 5.47. The maximum absolute atomic E-state index is 13.1. The lowest BCUT2D eigenvalue weighted by atomic mass is 10.1. The molecule has 136 valence electrons. The number of halogens is 3. The Morgan fingerprint density at radius 3 is 2.40 bits per heavy atom. The van der Waals surface area contributed by atoms with E-state index in [1.54, 1.807) is 19.2 Å². The summed E-state index contributed by atoms with van der Waals surface area (Å²) < 4.78 is 24.3. The molecule has 2 aromatic rings. The molecule has 0 heterocycles. The minimum atomic E-state index is -0.382. The fraction of sp³-hybridized carbons (Fsp3) is 0.368. The van der Waals surface area contributed by atoms with Crippen molar-refractivity contribution in [1.82, 2.24) is 5.32 Å². The fourth-order valence-corrected chi connectivity index (χ4v) is 2.72. The molecule has 0 aliphatic rings. The van der Waals surface area contributed by atoms with E-state index >= 15 is 0 Å². The van der Waals surface area contributed by atoms with Gasteiger partial charge in [-0.2, -0.15) is 0 Å². The van der Waals surface area contributed by atoms with Gasteiger partial charge in [-0.15, -0.1) is 0 Å². The van der Waals surface area contributed by atoms with Gasteiger partial charge in [0.15, 0.2) is 11.5 Å². The van der Waals surface area contributed by atoms with E-state index in [-0.39, 0.29) is 12.4 Å². The van der Waals surface area contributed by atoms with Crippen molar-refractivity contribution in [3.63, 3.8) is 0 Å². The molecule has 0 amide bonds. The molecule has 25 heavy (non-hydrogen) atoms. The number of rotatable bonds is 8. The molecule has 0 aliphatic carbocycles.